The molecule has 0 aliphatic carbocycles. The highest BCUT2D eigenvalue weighted by atomic mass is 79.9. The predicted molar refractivity (Wildman–Crippen MR) is 84.8 cm³/mol. The number of nitrogens with one attached hydrogen (secondary N) is 1. The zero-order valence-corrected chi connectivity index (χ0v) is 13.0. The maximum Gasteiger partial charge on any atom is 0.163 e. The highest BCUT2D eigenvalue weighted by Crippen LogP contribution is 2.30. The van der Waals surface area contributed by atoms with Gasteiger partial charge in [0.15, 0.2) is 5.82 Å². The van der Waals surface area contributed by atoms with E-state index in [0.29, 0.717) is 0 Å². The molecule has 19 heavy (non-hydrogen) atoms. The van der Waals surface area contributed by atoms with Crippen LogP contribution in [-0.2, 0) is 0 Å². The monoisotopic (exact) mass is 333 g/mol. The Kier molecular flexibility index (Phi) is 3.24. The van der Waals surface area contributed by atoms with Gasteiger partial charge in [-0.2, -0.15) is 0 Å². The number of benzene rings is 1. The number of anilines is 1. The quantitative estimate of drug-likeness (QED) is 0.751. The highest BCUT2D eigenvalue weighted by molar-refractivity contribution is 9.11. The second-order valence-corrected chi connectivity index (χ2v) is 6.60. The Bertz CT molecular complexity index is 752. The van der Waals surface area contributed by atoms with Crippen molar-refractivity contribution in [1.29, 1.82) is 0 Å². The number of nitrogens with zero attached hydrogens (tertiary/aromatic N) is 2. The van der Waals surface area contributed by atoms with E-state index in [9.17, 15) is 0 Å². The summed E-state index contributed by atoms with van der Waals surface area (Å²) in [5, 5.41) is 6.27. The summed E-state index contributed by atoms with van der Waals surface area (Å²) in [4.78, 5) is 9.25. The molecule has 0 radical (unpaired) electrons. The molecule has 0 bridgehead atoms. The van der Waals surface area contributed by atoms with E-state index in [1.807, 2.05) is 19.2 Å². The van der Waals surface area contributed by atoms with E-state index in [4.69, 9.17) is 0 Å². The third kappa shape index (κ3) is 2.35. The minimum Gasteiger partial charge on any atom is -0.373 e. The smallest absolute Gasteiger partial charge is 0.163 e. The van der Waals surface area contributed by atoms with E-state index in [0.717, 1.165) is 31.9 Å². The van der Waals surface area contributed by atoms with E-state index in [1.165, 1.54) is 5.56 Å². The fourth-order valence-electron chi connectivity index (χ4n) is 1.99. The molecular weight excluding hydrogens is 322 g/mol. The Hall–Kier alpha value is -1.46. The van der Waals surface area contributed by atoms with Gasteiger partial charge >= 0.3 is 0 Å². The Morgan fingerprint density at radius 1 is 1.21 bits per heavy atom. The number of aryl methyl sites for hydroxylation is 1. The zero-order chi connectivity index (χ0) is 13.4. The standard InChI is InChI=1S/C14H12BrN3S/c1-8-3-4-11-10(5-8)14(16-2)18-13(17-11)9-6-12(15)19-7-9/h3-7H,1-2H3,(H,16,17,18). The lowest BCUT2D eigenvalue weighted by molar-refractivity contribution is 1.21. The SMILES string of the molecule is CNc1nc(-c2csc(Br)c2)nc2ccc(C)cc12. The number of halogens is 1. The number of hydrogen-bond donors (Lipinski definition) is 1. The molecule has 96 valence electrons. The lowest BCUT2D eigenvalue weighted by Crippen LogP contribution is -1.98. The molecule has 0 spiro atoms. The lowest BCUT2D eigenvalue weighted by Gasteiger charge is -2.08. The molecule has 1 N–H and O–H groups in total. The fraction of sp³-hybridized carbons (Fsp3) is 0.143. The Labute approximate surface area is 123 Å². The molecule has 1 aromatic carbocycles. The van der Waals surface area contributed by atoms with Gasteiger partial charge in [0.1, 0.15) is 5.82 Å². The van der Waals surface area contributed by atoms with Crippen molar-refractivity contribution in [2.24, 2.45) is 0 Å². The highest BCUT2D eigenvalue weighted by Gasteiger charge is 2.10. The number of aromatic nitrogens is 2. The molecule has 5 heteroatoms. The van der Waals surface area contributed by atoms with Gasteiger partial charge < -0.3 is 5.32 Å². The van der Waals surface area contributed by atoms with Gasteiger partial charge in [0, 0.05) is 23.4 Å². The first-order chi connectivity index (χ1) is 9.17. The van der Waals surface area contributed by atoms with E-state index in [1.54, 1.807) is 11.3 Å². The largest absolute Gasteiger partial charge is 0.373 e. The average Bonchev–Trinajstić information content (AvgIpc) is 2.84. The Balaban J connectivity index is 2.25. The van der Waals surface area contributed by atoms with Crippen LogP contribution in [0.15, 0.2) is 33.4 Å². The Morgan fingerprint density at radius 2 is 2.05 bits per heavy atom. The van der Waals surface area contributed by atoms with Crippen molar-refractivity contribution in [2.75, 3.05) is 12.4 Å². The third-order valence-electron chi connectivity index (χ3n) is 2.91. The van der Waals surface area contributed by atoms with Crippen molar-refractivity contribution in [3.63, 3.8) is 0 Å². The van der Waals surface area contributed by atoms with Crippen LogP contribution in [-0.4, -0.2) is 17.0 Å². The first kappa shape index (κ1) is 12.6. The molecule has 2 aromatic heterocycles. The number of thiophene rings is 1. The van der Waals surface area contributed by atoms with Crippen LogP contribution in [0.2, 0.25) is 0 Å². The Morgan fingerprint density at radius 3 is 2.74 bits per heavy atom. The molecular formula is C14H12BrN3S. The van der Waals surface area contributed by atoms with Crippen molar-refractivity contribution in [2.45, 2.75) is 6.92 Å². The van der Waals surface area contributed by atoms with E-state index in [2.05, 4.69) is 55.7 Å². The van der Waals surface area contributed by atoms with Crippen LogP contribution in [0.5, 0.6) is 0 Å². The number of rotatable bonds is 2. The second kappa shape index (κ2) is 4.90. The molecule has 3 aromatic rings. The minimum atomic E-state index is 0.752. The molecule has 0 atom stereocenters. The van der Waals surface area contributed by atoms with Gasteiger partial charge in [0.05, 0.1) is 9.30 Å². The summed E-state index contributed by atoms with van der Waals surface area (Å²) in [6.45, 7) is 2.07. The normalized spacial score (nSPS) is 10.9. The first-order valence-corrected chi connectivity index (χ1v) is 7.55. The summed E-state index contributed by atoms with van der Waals surface area (Å²) >= 11 is 5.11. The van der Waals surface area contributed by atoms with Crippen LogP contribution < -0.4 is 5.32 Å². The molecule has 0 fully saturated rings. The summed E-state index contributed by atoms with van der Waals surface area (Å²) < 4.78 is 1.08. The maximum absolute atomic E-state index is 4.64. The zero-order valence-electron chi connectivity index (χ0n) is 10.6. The molecule has 0 aliphatic rings. The van der Waals surface area contributed by atoms with E-state index in [-0.39, 0.29) is 0 Å². The second-order valence-electron chi connectivity index (χ2n) is 4.31. The van der Waals surface area contributed by atoms with Crippen molar-refractivity contribution < 1.29 is 0 Å². The van der Waals surface area contributed by atoms with Gasteiger partial charge in [-0.25, -0.2) is 9.97 Å². The maximum atomic E-state index is 4.64. The predicted octanol–water partition coefficient (Wildman–Crippen LogP) is 4.47. The van der Waals surface area contributed by atoms with Crippen LogP contribution in [0.3, 0.4) is 0 Å². The van der Waals surface area contributed by atoms with Gasteiger partial charge in [0.25, 0.3) is 0 Å². The van der Waals surface area contributed by atoms with Crippen molar-refractivity contribution in [1.82, 2.24) is 9.97 Å². The summed E-state index contributed by atoms with van der Waals surface area (Å²) in [6, 6.07) is 8.26. The third-order valence-corrected chi connectivity index (χ3v) is 4.42. The van der Waals surface area contributed by atoms with Crippen LogP contribution in [0.25, 0.3) is 22.3 Å². The molecule has 0 saturated heterocycles. The molecule has 2 heterocycles. The lowest BCUT2D eigenvalue weighted by atomic mass is 10.1. The van der Waals surface area contributed by atoms with Crippen molar-refractivity contribution in [3.8, 4) is 11.4 Å². The number of fused-ring (bicyclic) bond motifs is 1. The fourth-order valence-corrected chi connectivity index (χ4v) is 3.12. The summed E-state index contributed by atoms with van der Waals surface area (Å²) in [5.41, 5.74) is 3.21. The average molecular weight is 334 g/mol. The van der Waals surface area contributed by atoms with Gasteiger partial charge in [0.2, 0.25) is 0 Å². The molecule has 0 amide bonds. The minimum absolute atomic E-state index is 0.752. The topological polar surface area (TPSA) is 37.8 Å². The van der Waals surface area contributed by atoms with Crippen LogP contribution >= 0.6 is 27.3 Å². The van der Waals surface area contributed by atoms with Gasteiger partial charge in [-0.05, 0) is 41.1 Å². The molecule has 0 saturated carbocycles. The van der Waals surface area contributed by atoms with Crippen molar-refractivity contribution >= 4 is 44.0 Å². The number of hydrogen-bond acceptors (Lipinski definition) is 4. The molecule has 3 rings (SSSR count). The first-order valence-electron chi connectivity index (χ1n) is 5.88. The van der Waals surface area contributed by atoms with Gasteiger partial charge in [-0.3, -0.25) is 0 Å². The molecule has 0 aliphatic heterocycles. The molecule has 3 nitrogen and oxygen atoms in total. The summed E-state index contributed by atoms with van der Waals surface area (Å²) in [5.74, 6) is 1.62. The summed E-state index contributed by atoms with van der Waals surface area (Å²) in [6.07, 6.45) is 0. The summed E-state index contributed by atoms with van der Waals surface area (Å²) in [7, 11) is 1.89. The van der Waals surface area contributed by atoms with Crippen LogP contribution in [0.4, 0.5) is 5.82 Å². The van der Waals surface area contributed by atoms with Gasteiger partial charge in [-0.15, -0.1) is 11.3 Å². The van der Waals surface area contributed by atoms with Gasteiger partial charge in [-0.1, -0.05) is 11.6 Å². The van der Waals surface area contributed by atoms with Crippen molar-refractivity contribution in [3.05, 3.63) is 39.0 Å². The van der Waals surface area contributed by atoms with E-state index < -0.39 is 0 Å². The van der Waals surface area contributed by atoms with E-state index >= 15 is 0 Å². The molecule has 0 unspecified atom stereocenters. The van der Waals surface area contributed by atoms with Crippen LogP contribution in [0, 0.1) is 6.92 Å². The van der Waals surface area contributed by atoms with Crippen LogP contribution in [0.1, 0.15) is 5.56 Å².